The molecule has 0 N–H and O–H groups in total. The lowest BCUT2D eigenvalue weighted by atomic mass is 10.1. The number of nitrogens with zero attached hydrogens (tertiary/aromatic N) is 5. The fourth-order valence-electron chi connectivity index (χ4n) is 4.10. The Morgan fingerprint density at radius 1 is 0.484 bits per heavy atom. The van der Waals surface area contributed by atoms with Gasteiger partial charge in [-0.25, -0.2) is 19.9 Å². The van der Waals surface area contributed by atoms with Crippen molar-refractivity contribution in [3.05, 3.63) is 104 Å². The average Bonchev–Trinajstić information content (AvgIpc) is 3.19. The maximum Gasteiger partial charge on any atom is 0.159 e. The summed E-state index contributed by atoms with van der Waals surface area (Å²) < 4.78 is 2.28. The molecule has 146 valence electrons. The minimum absolute atomic E-state index is 0.669. The Hall–Kier alpha value is -4.38. The maximum atomic E-state index is 4.47. The van der Waals surface area contributed by atoms with Crippen LogP contribution in [-0.2, 0) is 0 Å². The van der Waals surface area contributed by atoms with Crippen molar-refractivity contribution in [2.45, 2.75) is 0 Å². The van der Waals surface area contributed by atoms with Crippen LogP contribution in [0.4, 0.5) is 0 Å². The first kappa shape index (κ1) is 17.5. The SMILES string of the molecule is c1cnc(-c2cc(-c3ncccn3)cc(-n3c4ccccc4c4ccccc43)c2)nc1. The van der Waals surface area contributed by atoms with Crippen LogP contribution in [-0.4, -0.2) is 24.5 Å². The molecule has 0 spiro atoms. The third-order valence-corrected chi connectivity index (χ3v) is 5.40. The molecule has 0 aliphatic heterocycles. The van der Waals surface area contributed by atoms with Crippen molar-refractivity contribution in [1.82, 2.24) is 24.5 Å². The number of aromatic nitrogens is 5. The van der Waals surface area contributed by atoms with E-state index >= 15 is 0 Å². The molecule has 3 heterocycles. The lowest BCUT2D eigenvalue weighted by molar-refractivity contribution is 1.14. The molecule has 0 radical (unpaired) electrons. The Morgan fingerprint density at radius 3 is 1.42 bits per heavy atom. The lowest BCUT2D eigenvalue weighted by Gasteiger charge is -2.12. The van der Waals surface area contributed by atoms with Crippen molar-refractivity contribution in [2.75, 3.05) is 0 Å². The zero-order chi connectivity index (χ0) is 20.6. The number of hydrogen-bond acceptors (Lipinski definition) is 4. The summed E-state index contributed by atoms with van der Waals surface area (Å²) in [6.07, 6.45) is 7.03. The summed E-state index contributed by atoms with van der Waals surface area (Å²) in [4.78, 5) is 17.9. The summed E-state index contributed by atoms with van der Waals surface area (Å²) in [5.74, 6) is 1.34. The van der Waals surface area contributed by atoms with Crippen LogP contribution in [0.25, 0.3) is 50.3 Å². The second-order valence-corrected chi connectivity index (χ2v) is 7.28. The molecule has 5 nitrogen and oxygen atoms in total. The molecule has 0 atom stereocenters. The van der Waals surface area contributed by atoms with Crippen LogP contribution in [0.5, 0.6) is 0 Å². The zero-order valence-corrected chi connectivity index (χ0v) is 16.6. The van der Waals surface area contributed by atoms with E-state index < -0.39 is 0 Å². The Kier molecular flexibility index (Phi) is 4.03. The normalized spacial score (nSPS) is 11.2. The van der Waals surface area contributed by atoms with Crippen molar-refractivity contribution in [2.24, 2.45) is 0 Å². The molecule has 0 amide bonds. The summed E-state index contributed by atoms with van der Waals surface area (Å²) in [6, 6.07) is 26.9. The zero-order valence-electron chi connectivity index (χ0n) is 16.6. The highest BCUT2D eigenvalue weighted by molar-refractivity contribution is 6.09. The van der Waals surface area contributed by atoms with Gasteiger partial charge in [-0.05, 0) is 42.5 Å². The van der Waals surface area contributed by atoms with Crippen LogP contribution in [0.3, 0.4) is 0 Å². The van der Waals surface area contributed by atoms with Gasteiger partial charge in [-0.15, -0.1) is 0 Å². The fraction of sp³-hybridized carbons (Fsp3) is 0. The molecule has 6 rings (SSSR count). The molecule has 0 aliphatic rings. The van der Waals surface area contributed by atoms with Crippen LogP contribution in [0.2, 0.25) is 0 Å². The Balaban J connectivity index is 1.69. The third kappa shape index (κ3) is 2.95. The molecule has 6 aromatic rings. The predicted molar refractivity (Wildman–Crippen MR) is 123 cm³/mol. The van der Waals surface area contributed by atoms with Crippen molar-refractivity contribution in [3.63, 3.8) is 0 Å². The molecule has 0 saturated carbocycles. The second kappa shape index (κ2) is 7.15. The Labute approximate surface area is 178 Å². The topological polar surface area (TPSA) is 56.5 Å². The monoisotopic (exact) mass is 399 g/mol. The molecule has 3 aromatic carbocycles. The predicted octanol–water partition coefficient (Wildman–Crippen LogP) is 5.70. The van der Waals surface area contributed by atoms with E-state index in [1.807, 2.05) is 18.2 Å². The number of fused-ring (bicyclic) bond motifs is 3. The van der Waals surface area contributed by atoms with E-state index in [-0.39, 0.29) is 0 Å². The molecule has 5 heteroatoms. The van der Waals surface area contributed by atoms with Crippen molar-refractivity contribution in [1.29, 1.82) is 0 Å². The minimum Gasteiger partial charge on any atom is -0.309 e. The van der Waals surface area contributed by atoms with Crippen LogP contribution in [0, 0.1) is 0 Å². The minimum atomic E-state index is 0.669. The van der Waals surface area contributed by atoms with E-state index in [0.29, 0.717) is 11.6 Å². The van der Waals surface area contributed by atoms with Crippen molar-refractivity contribution in [3.8, 4) is 28.5 Å². The van der Waals surface area contributed by atoms with Gasteiger partial charge in [0.05, 0.1) is 11.0 Å². The fourth-order valence-corrected chi connectivity index (χ4v) is 4.10. The van der Waals surface area contributed by atoms with Gasteiger partial charge in [0.25, 0.3) is 0 Å². The third-order valence-electron chi connectivity index (χ3n) is 5.40. The molecular formula is C26H17N5. The van der Waals surface area contributed by atoms with Gasteiger partial charge in [0, 0.05) is 52.4 Å². The van der Waals surface area contributed by atoms with Gasteiger partial charge in [-0.3, -0.25) is 0 Å². The van der Waals surface area contributed by atoms with E-state index in [1.165, 1.54) is 10.8 Å². The molecular weight excluding hydrogens is 382 g/mol. The van der Waals surface area contributed by atoms with Crippen LogP contribution in [0.1, 0.15) is 0 Å². The largest absolute Gasteiger partial charge is 0.309 e. The van der Waals surface area contributed by atoms with E-state index in [4.69, 9.17) is 0 Å². The van der Waals surface area contributed by atoms with E-state index in [0.717, 1.165) is 27.8 Å². The Morgan fingerprint density at radius 2 is 0.935 bits per heavy atom. The summed E-state index contributed by atoms with van der Waals surface area (Å²) >= 11 is 0. The van der Waals surface area contributed by atoms with Crippen LogP contribution < -0.4 is 0 Å². The van der Waals surface area contributed by atoms with Gasteiger partial charge in [-0.2, -0.15) is 0 Å². The molecule has 0 fully saturated rings. The van der Waals surface area contributed by atoms with Gasteiger partial charge in [-0.1, -0.05) is 36.4 Å². The first-order chi connectivity index (χ1) is 15.4. The quantitative estimate of drug-likeness (QED) is 0.383. The average molecular weight is 399 g/mol. The van der Waals surface area contributed by atoms with Gasteiger partial charge < -0.3 is 4.57 Å². The lowest BCUT2D eigenvalue weighted by Crippen LogP contribution is -1.98. The molecule has 3 aromatic heterocycles. The van der Waals surface area contributed by atoms with E-state index in [1.54, 1.807) is 24.8 Å². The number of hydrogen-bond donors (Lipinski definition) is 0. The van der Waals surface area contributed by atoms with Gasteiger partial charge in [0.1, 0.15) is 0 Å². The first-order valence-electron chi connectivity index (χ1n) is 10.1. The molecule has 31 heavy (non-hydrogen) atoms. The second-order valence-electron chi connectivity index (χ2n) is 7.28. The molecule has 0 aliphatic carbocycles. The molecule has 0 unspecified atom stereocenters. The van der Waals surface area contributed by atoms with Crippen molar-refractivity contribution < 1.29 is 0 Å². The summed E-state index contributed by atoms with van der Waals surface area (Å²) in [5.41, 5.74) is 5.15. The van der Waals surface area contributed by atoms with E-state index in [9.17, 15) is 0 Å². The van der Waals surface area contributed by atoms with Gasteiger partial charge in [0.15, 0.2) is 11.6 Å². The number of rotatable bonds is 3. The maximum absolute atomic E-state index is 4.47. The Bertz CT molecular complexity index is 1410. The summed E-state index contributed by atoms with van der Waals surface area (Å²) in [5, 5.41) is 2.44. The highest BCUT2D eigenvalue weighted by atomic mass is 15.0. The first-order valence-corrected chi connectivity index (χ1v) is 10.1. The standard InChI is InChI=1S/C26H17N5/c1-3-9-23-21(7-1)22-8-2-4-10-24(22)31(23)20-16-18(25-27-11-5-12-28-25)15-19(17-20)26-29-13-6-14-30-26/h1-17H. The molecule has 0 saturated heterocycles. The van der Waals surface area contributed by atoms with Crippen LogP contribution >= 0.6 is 0 Å². The van der Waals surface area contributed by atoms with E-state index in [2.05, 4.69) is 85.2 Å². The molecule has 0 bridgehead atoms. The smallest absolute Gasteiger partial charge is 0.159 e. The summed E-state index contributed by atoms with van der Waals surface area (Å²) in [6.45, 7) is 0. The van der Waals surface area contributed by atoms with Crippen LogP contribution in [0.15, 0.2) is 104 Å². The summed E-state index contributed by atoms with van der Waals surface area (Å²) in [7, 11) is 0. The highest BCUT2D eigenvalue weighted by Gasteiger charge is 2.15. The van der Waals surface area contributed by atoms with Crippen molar-refractivity contribution >= 4 is 21.8 Å². The number of benzene rings is 3. The number of para-hydroxylation sites is 2. The van der Waals surface area contributed by atoms with Gasteiger partial charge in [0.2, 0.25) is 0 Å². The highest BCUT2D eigenvalue weighted by Crippen LogP contribution is 2.34. The van der Waals surface area contributed by atoms with Gasteiger partial charge >= 0.3 is 0 Å².